The van der Waals surface area contributed by atoms with E-state index >= 15 is 0 Å². The van der Waals surface area contributed by atoms with Crippen LogP contribution in [0.2, 0.25) is 5.02 Å². The highest BCUT2D eigenvalue weighted by Crippen LogP contribution is 2.33. The van der Waals surface area contributed by atoms with Crippen LogP contribution in [0.1, 0.15) is 25.2 Å². The van der Waals surface area contributed by atoms with Crippen LogP contribution in [-0.2, 0) is 4.79 Å². The average molecular weight is 384 g/mol. The molecule has 0 aliphatic carbocycles. The third-order valence-corrected chi connectivity index (χ3v) is 4.82. The summed E-state index contributed by atoms with van der Waals surface area (Å²) in [6.07, 6.45) is 0.331. The second-order valence-corrected chi connectivity index (χ2v) is 6.68. The molecule has 138 valence electrons. The van der Waals surface area contributed by atoms with Crippen LogP contribution in [-0.4, -0.2) is 29.2 Å². The van der Waals surface area contributed by atoms with Gasteiger partial charge in [0.25, 0.3) is 0 Å². The largest absolute Gasteiger partial charge is 0.494 e. The summed E-state index contributed by atoms with van der Waals surface area (Å²) in [7, 11) is 0. The molecule has 0 spiro atoms. The van der Waals surface area contributed by atoms with Gasteiger partial charge in [-0.2, -0.15) is 4.98 Å². The molecule has 1 saturated heterocycles. The first-order valence-corrected chi connectivity index (χ1v) is 9.15. The minimum absolute atomic E-state index is 0.0293. The Labute approximate surface area is 161 Å². The number of nitrogens with zero attached hydrogens (tertiary/aromatic N) is 3. The fraction of sp³-hybridized carbons (Fsp3) is 0.250. The molecular weight excluding hydrogens is 366 g/mol. The van der Waals surface area contributed by atoms with Crippen LogP contribution in [0.25, 0.3) is 11.4 Å². The van der Waals surface area contributed by atoms with Crippen LogP contribution >= 0.6 is 11.6 Å². The van der Waals surface area contributed by atoms with Crippen LogP contribution in [0.4, 0.5) is 5.69 Å². The molecule has 1 aliphatic heterocycles. The zero-order valence-electron chi connectivity index (χ0n) is 14.8. The molecule has 0 radical (unpaired) electrons. The van der Waals surface area contributed by atoms with Gasteiger partial charge in [0.1, 0.15) is 5.75 Å². The van der Waals surface area contributed by atoms with Crippen molar-refractivity contribution in [3.8, 4) is 17.1 Å². The second-order valence-electron chi connectivity index (χ2n) is 6.27. The van der Waals surface area contributed by atoms with Crippen molar-refractivity contribution < 1.29 is 14.1 Å². The molecule has 7 heteroatoms. The van der Waals surface area contributed by atoms with E-state index in [0.29, 0.717) is 41.9 Å². The first-order chi connectivity index (χ1) is 13.2. The van der Waals surface area contributed by atoms with Crippen molar-refractivity contribution in [3.05, 3.63) is 59.4 Å². The van der Waals surface area contributed by atoms with Gasteiger partial charge in [-0.3, -0.25) is 4.79 Å². The van der Waals surface area contributed by atoms with E-state index in [0.717, 1.165) is 11.4 Å². The number of anilines is 1. The Morgan fingerprint density at radius 3 is 2.74 bits per heavy atom. The Morgan fingerprint density at radius 1 is 1.22 bits per heavy atom. The van der Waals surface area contributed by atoms with Gasteiger partial charge in [-0.15, -0.1) is 0 Å². The maximum absolute atomic E-state index is 12.5. The lowest BCUT2D eigenvalue weighted by atomic mass is 10.1. The summed E-state index contributed by atoms with van der Waals surface area (Å²) < 4.78 is 10.9. The zero-order chi connectivity index (χ0) is 18.8. The second kappa shape index (κ2) is 7.40. The molecule has 4 rings (SSSR count). The summed E-state index contributed by atoms with van der Waals surface area (Å²) in [6, 6.07) is 14.8. The van der Waals surface area contributed by atoms with Crippen LogP contribution in [0.15, 0.2) is 53.1 Å². The molecule has 0 N–H and O–H groups in total. The topological polar surface area (TPSA) is 68.5 Å². The normalized spacial score (nSPS) is 16.7. The van der Waals surface area contributed by atoms with Crippen molar-refractivity contribution in [1.82, 2.24) is 10.1 Å². The van der Waals surface area contributed by atoms with Gasteiger partial charge in [-0.25, -0.2) is 0 Å². The lowest BCUT2D eigenvalue weighted by molar-refractivity contribution is -0.117. The molecule has 2 heterocycles. The standard InChI is InChI=1S/C20H18ClN3O3/c1-2-26-15-9-7-14(8-10-15)24-12-13(11-18(24)25)20-22-19(23-27-20)16-5-3-4-6-17(16)21/h3-10,13H,2,11-12H2,1H3. The Hall–Kier alpha value is -2.86. The number of carbonyl (C=O) groups excluding carboxylic acids is 1. The summed E-state index contributed by atoms with van der Waals surface area (Å²) in [5.41, 5.74) is 1.54. The van der Waals surface area contributed by atoms with Crippen molar-refractivity contribution in [2.75, 3.05) is 18.1 Å². The van der Waals surface area contributed by atoms with Crippen LogP contribution in [0, 0.1) is 0 Å². The van der Waals surface area contributed by atoms with Crippen molar-refractivity contribution in [3.63, 3.8) is 0 Å². The first kappa shape index (κ1) is 17.5. The highest BCUT2D eigenvalue weighted by atomic mass is 35.5. The maximum atomic E-state index is 12.5. The highest BCUT2D eigenvalue weighted by Gasteiger charge is 2.35. The van der Waals surface area contributed by atoms with Gasteiger partial charge in [0.2, 0.25) is 17.6 Å². The Bertz CT molecular complexity index is 955. The fourth-order valence-electron chi connectivity index (χ4n) is 3.16. The Balaban J connectivity index is 1.52. The van der Waals surface area contributed by atoms with Crippen molar-refractivity contribution in [2.45, 2.75) is 19.3 Å². The molecule has 1 aromatic heterocycles. The number of ether oxygens (including phenoxy) is 1. The van der Waals surface area contributed by atoms with Gasteiger partial charge in [0, 0.05) is 24.2 Å². The molecule has 1 unspecified atom stereocenters. The van der Waals surface area contributed by atoms with Crippen LogP contribution in [0.3, 0.4) is 0 Å². The van der Waals surface area contributed by atoms with Crippen LogP contribution in [0.5, 0.6) is 5.75 Å². The van der Waals surface area contributed by atoms with Crippen molar-refractivity contribution >= 4 is 23.2 Å². The van der Waals surface area contributed by atoms with E-state index in [4.69, 9.17) is 20.9 Å². The van der Waals surface area contributed by atoms with E-state index < -0.39 is 0 Å². The number of rotatable bonds is 5. The van der Waals surface area contributed by atoms with Gasteiger partial charge < -0.3 is 14.2 Å². The van der Waals surface area contributed by atoms with Crippen molar-refractivity contribution in [2.24, 2.45) is 0 Å². The number of amides is 1. The average Bonchev–Trinajstić information content (AvgIpc) is 3.30. The fourth-order valence-corrected chi connectivity index (χ4v) is 3.38. The number of benzene rings is 2. The lowest BCUT2D eigenvalue weighted by Crippen LogP contribution is -2.24. The third kappa shape index (κ3) is 3.53. The van der Waals surface area contributed by atoms with E-state index in [1.54, 1.807) is 11.0 Å². The van der Waals surface area contributed by atoms with Crippen molar-refractivity contribution in [1.29, 1.82) is 0 Å². The first-order valence-electron chi connectivity index (χ1n) is 8.77. The molecule has 1 fully saturated rings. The van der Waals surface area contributed by atoms with Gasteiger partial charge >= 0.3 is 0 Å². The van der Waals surface area contributed by atoms with Gasteiger partial charge in [0.15, 0.2) is 0 Å². The third-order valence-electron chi connectivity index (χ3n) is 4.49. The zero-order valence-corrected chi connectivity index (χ0v) is 15.5. The maximum Gasteiger partial charge on any atom is 0.232 e. The molecule has 2 aromatic carbocycles. The molecular formula is C20H18ClN3O3. The number of aromatic nitrogens is 2. The molecule has 6 nitrogen and oxygen atoms in total. The van der Waals surface area contributed by atoms with E-state index in [-0.39, 0.29) is 11.8 Å². The van der Waals surface area contributed by atoms with E-state index in [2.05, 4.69) is 10.1 Å². The molecule has 3 aromatic rings. The monoisotopic (exact) mass is 383 g/mol. The number of halogens is 1. The van der Waals surface area contributed by atoms with E-state index in [1.165, 1.54) is 0 Å². The predicted molar refractivity (Wildman–Crippen MR) is 102 cm³/mol. The molecule has 27 heavy (non-hydrogen) atoms. The Kier molecular flexibility index (Phi) is 4.81. The summed E-state index contributed by atoms with van der Waals surface area (Å²) in [6.45, 7) is 3.04. The summed E-state index contributed by atoms with van der Waals surface area (Å²) >= 11 is 6.20. The number of hydrogen-bond donors (Lipinski definition) is 0. The summed E-state index contributed by atoms with van der Waals surface area (Å²) in [4.78, 5) is 18.7. The summed E-state index contributed by atoms with van der Waals surface area (Å²) in [5.74, 6) is 1.55. The molecule has 1 amide bonds. The molecule has 0 saturated carbocycles. The van der Waals surface area contributed by atoms with Gasteiger partial charge in [-0.1, -0.05) is 28.9 Å². The molecule has 0 bridgehead atoms. The number of carbonyl (C=O) groups is 1. The lowest BCUT2D eigenvalue weighted by Gasteiger charge is -2.16. The minimum Gasteiger partial charge on any atom is -0.494 e. The highest BCUT2D eigenvalue weighted by molar-refractivity contribution is 6.33. The SMILES string of the molecule is CCOc1ccc(N2CC(c3nc(-c4ccccc4Cl)no3)CC2=O)cc1. The predicted octanol–water partition coefficient (Wildman–Crippen LogP) is 4.31. The minimum atomic E-state index is -0.146. The molecule has 1 atom stereocenters. The summed E-state index contributed by atoms with van der Waals surface area (Å²) in [5, 5.41) is 4.59. The van der Waals surface area contributed by atoms with E-state index in [1.807, 2.05) is 49.4 Å². The van der Waals surface area contributed by atoms with Gasteiger partial charge in [-0.05, 0) is 43.3 Å². The van der Waals surface area contributed by atoms with Crippen LogP contribution < -0.4 is 9.64 Å². The molecule has 1 aliphatic rings. The number of hydrogen-bond acceptors (Lipinski definition) is 5. The quantitative estimate of drug-likeness (QED) is 0.656. The smallest absolute Gasteiger partial charge is 0.232 e. The van der Waals surface area contributed by atoms with Gasteiger partial charge in [0.05, 0.1) is 17.5 Å². The Morgan fingerprint density at radius 2 is 2.00 bits per heavy atom. The van der Waals surface area contributed by atoms with E-state index in [9.17, 15) is 4.79 Å².